The molecule has 1 aromatic rings. The molecule has 232 valence electrons. The minimum atomic E-state index is -6.97. The number of nitrogens with two attached hydrogens (primary N) is 1. The number of ether oxygens (including phenoxy) is 2. The van der Waals surface area contributed by atoms with E-state index in [4.69, 9.17) is 24.3 Å². The number of hydrogen-bond donors (Lipinski definition) is 8. The van der Waals surface area contributed by atoms with Gasteiger partial charge in [-0.2, -0.15) is 0 Å². The third kappa shape index (κ3) is 6.06. The van der Waals surface area contributed by atoms with Gasteiger partial charge in [0.25, 0.3) is 0 Å². The Hall–Kier alpha value is -2.43. The van der Waals surface area contributed by atoms with Crippen LogP contribution in [-0.4, -0.2) is 120 Å². The van der Waals surface area contributed by atoms with Crippen molar-refractivity contribution >= 4 is 25.4 Å². The van der Waals surface area contributed by atoms with E-state index in [2.05, 4.69) is 14.8 Å². The summed E-state index contributed by atoms with van der Waals surface area (Å²) in [4.78, 5) is 66.4. The molecule has 3 aliphatic heterocycles. The fourth-order valence-electron chi connectivity index (χ4n) is 4.64. The monoisotopic (exact) mass is 612 g/mol. The molecule has 3 aliphatic rings. The second kappa shape index (κ2) is 11.0. The topological polar surface area (TPSA) is 321 Å². The molecular weight excluding hydrogens is 583 g/mol. The number of aliphatic hydroxyl groups excluding tert-OH is 6. The summed E-state index contributed by atoms with van der Waals surface area (Å²) in [6.07, 6.45) is -14.4. The van der Waals surface area contributed by atoms with Gasteiger partial charge in [0, 0.05) is 0 Å². The summed E-state index contributed by atoms with van der Waals surface area (Å²) in [5.74, 6) is -5.61. The number of aliphatic hydroxyl groups is 6. The molecule has 20 nitrogen and oxygen atoms in total. The van der Waals surface area contributed by atoms with Gasteiger partial charge in [0.05, 0.1) is 0 Å². The summed E-state index contributed by atoms with van der Waals surface area (Å²) in [6, 6.07) is -0.313. The van der Waals surface area contributed by atoms with Crippen LogP contribution in [0.1, 0.15) is 19.6 Å². The van der Waals surface area contributed by atoms with Crippen molar-refractivity contribution in [2.45, 2.75) is 74.1 Å². The molecule has 4 rings (SSSR count). The van der Waals surface area contributed by atoms with Crippen LogP contribution in [0.15, 0.2) is 17.1 Å². The zero-order chi connectivity index (χ0) is 30.5. The van der Waals surface area contributed by atoms with E-state index in [9.17, 15) is 54.8 Å². The van der Waals surface area contributed by atoms with Gasteiger partial charge in [0.2, 0.25) is 0 Å². The van der Waals surface area contributed by atoms with E-state index in [0.717, 1.165) is 17.7 Å². The molecule has 9 N–H and O–H groups in total. The van der Waals surface area contributed by atoms with E-state index in [1.807, 2.05) is 0 Å². The second-order valence-corrected chi connectivity index (χ2v) is 11.8. The molecule has 4 heterocycles. The first-order valence-corrected chi connectivity index (χ1v) is 13.9. The molecule has 1 spiro atoms. The van der Waals surface area contributed by atoms with Gasteiger partial charge in [0.1, 0.15) is 0 Å². The second-order valence-electron chi connectivity index (χ2n) is 9.67. The number of nitrogen functional groups attached to an aromatic ring is 1. The van der Waals surface area contributed by atoms with E-state index < -0.39 is 106 Å². The Balaban J connectivity index is 1.53. The van der Waals surface area contributed by atoms with Crippen LogP contribution in [0.3, 0.4) is 0 Å². The van der Waals surface area contributed by atoms with Crippen LogP contribution in [0, 0.1) is 0 Å². The standard InChI is InChI=1S/C20H29N4O16P/c1-7(26)22-12-8(27)4-20(38-16(12)13(29)9(28)5-25)18(32)39-41(34,35,40-20)36-6-10-14(30)15(31)17(37-10)24-3-2-11(21)23-19(24)33/h2-3,8-10,12-17,25,27-31H,4-6H2,1H3,(H,22,26)(H2,21,23,33)/q-2/t8-,9+,10+,12+,13?,14+,15+,16+,17+,20+/m0/s1. The van der Waals surface area contributed by atoms with Crippen molar-refractivity contribution in [3.63, 3.8) is 0 Å². The molecule has 1 aromatic heterocycles. The average molecular weight is 612 g/mol. The number of hydrogen-bond acceptors (Lipinski definition) is 18. The quantitative estimate of drug-likeness (QED) is 0.126. The summed E-state index contributed by atoms with van der Waals surface area (Å²) in [5.41, 5.74) is 4.46. The molecule has 41 heavy (non-hydrogen) atoms. The minimum absolute atomic E-state index is 0.139. The Bertz CT molecular complexity index is 1230. The molecule has 0 radical (unpaired) electrons. The van der Waals surface area contributed by atoms with Crippen molar-refractivity contribution in [1.29, 1.82) is 0 Å². The summed E-state index contributed by atoms with van der Waals surface area (Å²) >= 11 is 0. The Kier molecular flexibility index (Phi) is 8.46. The van der Waals surface area contributed by atoms with Gasteiger partial charge in [-0.05, 0) is 0 Å². The van der Waals surface area contributed by atoms with Crippen molar-refractivity contribution in [2.75, 3.05) is 18.9 Å². The van der Waals surface area contributed by atoms with Crippen LogP contribution in [0.25, 0.3) is 0 Å². The fraction of sp³-hybridized carbons (Fsp3) is 0.700. The normalized spacial score (nSPS) is 38.5. The van der Waals surface area contributed by atoms with Gasteiger partial charge >= 0.3 is 229 Å². The Morgan fingerprint density at radius 2 is 2.00 bits per heavy atom. The Morgan fingerprint density at radius 1 is 1.32 bits per heavy atom. The van der Waals surface area contributed by atoms with Crippen LogP contribution >= 0.6 is 7.74 Å². The van der Waals surface area contributed by atoms with Crippen molar-refractivity contribution in [1.82, 2.24) is 14.9 Å². The number of nitrogens with zero attached hydrogens (tertiary/aromatic N) is 2. The predicted molar refractivity (Wildman–Crippen MR) is 124 cm³/mol. The molecule has 1 amide bonds. The van der Waals surface area contributed by atoms with Crippen molar-refractivity contribution < 1.29 is 73.1 Å². The SMILES string of the molecule is CC(=O)N[C@@H]1[C@@H](O)C[C@@]2(O[C@H]1C(O)[C@H](O)CO)OP([O-])([O-])(OC[C@H]1O[C@@H](n3ccc(N)nc3=O)[C@H](O)[C@@H]1O)OC2=O. The maximum absolute atomic E-state index is 13.2. The van der Waals surface area contributed by atoms with Gasteiger partial charge in [0.15, 0.2) is 0 Å². The predicted octanol–water partition coefficient (Wildman–Crippen LogP) is -7.05. The first-order valence-electron chi connectivity index (χ1n) is 12.0. The van der Waals surface area contributed by atoms with Gasteiger partial charge in [-0.15, -0.1) is 0 Å². The zero-order valence-corrected chi connectivity index (χ0v) is 22.1. The number of aromatic nitrogens is 2. The fourth-order valence-corrected chi connectivity index (χ4v) is 6.26. The Morgan fingerprint density at radius 3 is 2.61 bits per heavy atom. The molecule has 21 heteroatoms. The maximum atomic E-state index is 13.2. The number of carbonyl (C=O) groups is 2. The summed E-state index contributed by atoms with van der Waals surface area (Å²) in [6.45, 7) is -1.12. The first-order chi connectivity index (χ1) is 19.0. The van der Waals surface area contributed by atoms with Crippen LogP contribution in [0.4, 0.5) is 5.82 Å². The molecule has 3 saturated heterocycles. The van der Waals surface area contributed by atoms with E-state index in [1.54, 1.807) is 0 Å². The van der Waals surface area contributed by atoms with Crippen LogP contribution in [-0.2, 0) is 32.6 Å². The molecule has 0 saturated carbocycles. The summed E-state index contributed by atoms with van der Waals surface area (Å²) in [5, 5.41) is 63.1. The molecule has 0 aromatic carbocycles. The van der Waals surface area contributed by atoms with Gasteiger partial charge in [-0.1, -0.05) is 0 Å². The average Bonchev–Trinajstić information content (AvgIpc) is 3.27. The van der Waals surface area contributed by atoms with Gasteiger partial charge < -0.3 is 0 Å². The molecule has 10 atom stereocenters. The van der Waals surface area contributed by atoms with E-state index >= 15 is 0 Å². The first kappa shape index (κ1) is 31.5. The van der Waals surface area contributed by atoms with Crippen LogP contribution < -0.4 is 26.5 Å². The number of nitrogens with one attached hydrogen (secondary N) is 1. The Labute approximate surface area is 229 Å². The van der Waals surface area contributed by atoms with Crippen LogP contribution in [0.2, 0.25) is 0 Å². The molecule has 3 fully saturated rings. The van der Waals surface area contributed by atoms with Gasteiger partial charge in [-0.25, -0.2) is 0 Å². The summed E-state index contributed by atoms with van der Waals surface area (Å²) in [7, 11) is -6.97. The number of carbonyl (C=O) groups excluding carboxylic acids is 2. The molecule has 0 bridgehead atoms. The van der Waals surface area contributed by atoms with Crippen molar-refractivity contribution in [3.8, 4) is 0 Å². The zero-order valence-electron chi connectivity index (χ0n) is 21.2. The number of amides is 1. The molecular formula is C20H29N4O16P-2. The number of anilines is 1. The van der Waals surface area contributed by atoms with Crippen molar-refractivity contribution in [3.05, 3.63) is 22.7 Å². The summed E-state index contributed by atoms with van der Waals surface area (Å²) < 4.78 is 25.5. The van der Waals surface area contributed by atoms with E-state index in [1.165, 1.54) is 6.07 Å². The third-order valence-electron chi connectivity index (χ3n) is 6.61. The number of rotatable bonds is 8. The molecule has 0 aliphatic carbocycles. The molecule has 1 unspecified atom stereocenters. The third-order valence-corrected chi connectivity index (χ3v) is 8.24. The van der Waals surface area contributed by atoms with Crippen molar-refractivity contribution in [2.24, 2.45) is 0 Å². The van der Waals surface area contributed by atoms with E-state index in [-0.39, 0.29) is 5.82 Å². The van der Waals surface area contributed by atoms with Gasteiger partial charge in [-0.3, -0.25) is 0 Å². The van der Waals surface area contributed by atoms with Crippen LogP contribution in [0.5, 0.6) is 0 Å². The van der Waals surface area contributed by atoms with E-state index in [0.29, 0.717) is 0 Å².